The smallest absolute Gasteiger partial charge is 0.335 e. The molecule has 1 N–H and O–H groups in total. The number of allylic oxidation sites excluding steroid dienone is 3. The number of hydrogen-bond acceptors (Lipinski definition) is 1. The summed E-state index contributed by atoms with van der Waals surface area (Å²) >= 11 is 0. The van der Waals surface area contributed by atoms with Crippen LogP contribution < -0.4 is 0 Å². The Hall–Kier alpha value is -1.84. The van der Waals surface area contributed by atoms with Crippen LogP contribution in [-0.4, -0.2) is 17.2 Å². The number of carbonyl (C=O) groups is 1. The van der Waals surface area contributed by atoms with Gasteiger partial charge in [-0.2, -0.15) is 0 Å². The summed E-state index contributed by atoms with van der Waals surface area (Å²) in [6.45, 7) is 0. The largest absolute Gasteiger partial charge is 0.478 e. The van der Waals surface area contributed by atoms with Gasteiger partial charge in [-0.1, -0.05) is 44.5 Å². The molecule has 1 aliphatic heterocycles. The summed E-state index contributed by atoms with van der Waals surface area (Å²) in [5.41, 5.74) is 2.12. The first-order valence-corrected chi connectivity index (χ1v) is 6.48. The fraction of sp³-hybridized carbons (Fsp3) is 0.0714. The minimum Gasteiger partial charge on any atom is -0.478 e. The van der Waals surface area contributed by atoms with Gasteiger partial charge in [-0.05, 0) is 18.2 Å². The number of hydrogen-bond donors (Lipinski definition) is 1. The van der Waals surface area contributed by atoms with Crippen molar-refractivity contribution in [2.24, 2.45) is 0 Å². The summed E-state index contributed by atoms with van der Waals surface area (Å²) in [6, 6.07) is 6.69. The molecular weight excluding hydrogens is 231 g/mol. The van der Waals surface area contributed by atoms with E-state index in [1.807, 2.05) is 18.2 Å². The number of carboxylic acid groups (broad SMARTS) is 1. The molecule has 17 heavy (non-hydrogen) atoms. The van der Waals surface area contributed by atoms with E-state index in [1.54, 1.807) is 18.2 Å². The lowest BCUT2D eigenvalue weighted by molar-refractivity contribution is 0.0697. The molecule has 1 atom stereocenters. The van der Waals surface area contributed by atoms with Gasteiger partial charge in [0.2, 0.25) is 0 Å². The third kappa shape index (κ3) is 3.31. The molecule has 1 heterocycles. The van der Waals surface area contributed by atoms with Crippen LogP contribution in [0.25, 0.3) is 0 Å². The minimum absolute atomic E-state index is 0.274. The third-order valence-electron chi connectivity index (χ3n) is 2.28. The van der Waals surface area contributed by atoms with Crippen molar-refractivity contribution in [1.29, 1.82) is 0 Å². The van der Waals surface area contributed by atoms with Crippen molar-refractivity contribution in [1.82, 2.24) is 0 Å². The molecule has 0 spiro atoms. The fourth-order valence-corrected chi connectivity index (χ4v) is 2.20. The first kappa shape index (κ1) is 11.6. The Bertz CT molecular complexity index is 559. The molecule has 0 aliphatic carbocycles. The normalized spacial score (nSPS) is 14.9. The summed E-state index contributed by atoms with van der Waals surface area (Å²) in [5, 5.41) is 8.86. The summed E-state index contributed by atoms with van der Waals surface area (Å²) in [7, 11) is 0.798. The Balaban J connectivity index is 2.21. The Morgan fingerprint density at radius 3 is 2.94 bits per heavy atom. The molecule has 0 saturated heterocycles. The van der Waals surface area contributed by atoms with Crippen LogP contribution in [0.5, 0.6) is 0 Å². The van der Waals surface area contributed by atoms with E-state index in [2.05, 4.69) is 17.7 Å². The monoisotopic (exact) mass is 242 g/mol. The summed E-state index contributed by atoms with van der Waals surface area (Å²) in [5.74, 6) is 7.29. The molecule has 0 radical (unpaired) electrons. The number of benzene rings is 1. The zero-order chi connectivity index (χ0) is 12.1. The summed E-state index contributed by atoms with van der Waals surface area (Å²) in [6.07, 6.45) is 5.01. The Labute approximate surface area is 102 Å². The second-order valence-electron chi connectivity index (χ2n) is 3.57. The first-order valence-electron chi connectivity index (χ1n) is 5.20. The van der Waals surface area contributed by atoms with Gasteiger partial charge in [-0.15, -0.1) is 0 Å². The van der Waals surface area contributed by atoms with E-state index in [9.17, 15) is 4.79 Å². The van der Waals surface area contributed by atoms with E-state index in [0.717, 1.165) is 25.9 Å². The quantitative estimate of drug-likeness (QED) is 0.607. The van der Waals surface area contributed by atoms with Crippen LogP contribution in [0.15, 0.2) is 47.8 Å². The maximum atomic E-state index is 10.8. The van der Waals surface area contributed by atoms with Gasteiger partial charge < -0.3 is 5.11 Å². The maximum Gasteiger partial charge on any atom is 0.335 e. The number of aromatic carboxylic acids is 1. The molecule has 0 saturated carbocycles. The van der Waals surface area contributed by atoms with Gasteiger partial charge in [-0.3, -0.25) is 0 Å². The van der Waals surface area contributed by atoms with E-state index in [1.165, 1.54) is 0 Å². The first-order chi connectivity index (χ1) is 8.25. The predicted molar refractivity (Wildman–Crippen MR) is 70.7 cm³/mol. The average Bonchev–Trinajstić information content (AvgIpc) is 2.38. The number of rotatable bonds is 1. The van der Waals surface area contributed by atoms with Crippen molar-refractivity contribution in [2.45, 2.75) is 0 Å². The molecular formula is C14H11O2P. The van der Waals surface area contributed by atoms with E-state index in [-0.39, 0.29) is 5.56 Å². The maximum absolute atomic E-state index is 10.8. The van der Waals surface area contributed by atoms with Crippen LogP contribution in [0.1, 0.15) is 15.9 Å². The molecule has 0 bridgehead atoms. The fourth-order valence-electron chi connectivity index (χ4n) is 1.43. The van der Waals surface area contributed by atoms with Crippen molar-refractivity contribution in [3.63, 3.8) is 0 Å². The standard InChI is InChI=1S/C14H11O2P/c15-14(16)13-5-1-3-11(9-13)6-7-12-4-2-8-17-10-12/h1-5,8-9,17H,10H2,(H,15,16). The highest BCUT2D eigenvalue weighted by atomic mass is 31.1. The molecule has 1 aromatic rings. The van der Waals surface area contributed by atoms with Gasteiger partial charge in [0.05, 0.1) is 5.56 Å². The van der Waals surface area contributed by atoms with E-state index in [0.29, 0.717) is 0 Å². The van der Waals surface area contributed by atoms with Crippen molar-refractivity contribution >= 4 is 14.6 Å². The van der Waals surface area contributed by atoms with Crippen molar-refractivity contribution in [3.8, 4) is 11.8 Å². The highest BCUT2D eigenvalue weighted by molar-refractivity contribution is 7.42. The summed E-state index contributed by atoms with van der Waals surface area (Å²) < 4.78 is 0. The third-order valence-corrected chi connectivity index (χ3v) is 3.29. The topological polar surface area (TPSA) is 37.3 Å². The Morgan fingerprint density at radius 2 is 2.24 bits per heavy atom. The molecule has 0 aromatic heterocycles. The van der Waals surface area contributed by atoms with Crippen LogP contribution in [0, 0.1) is 11.8 Å². The lowest BCUT2D eigenvalue weighted by atomic mass is 10.1. The number of carboxylic acids is 1. The van der Waals surface area contributed by atoms with Crippen LogP contribution in [-0.2, 0) is 0 Å². The molecule has 1 aromatic carbocycles. The second kappa shape index (κ2) is 5.48. The average molecular weight is 242 g/mol. The van der Waals surface area contributed by atoms with E-state index >= 15 is 0 Å². The van der Waals surface area contributed by atoms with Gasteiger partial charge in [-0.25, -0.2) is 4.79 Å². The van der Waals surface area contributed by atoms with Crippen molar-refractivity contribution < 1.29 is 9.90 Å². The molecule has 3 heteroatoms. The van der Waals surface area contributed by atoms with Crippen LogP contribution in [0.4, 0.5) is 0 Å². The van der Waals surface area contributed by atoms with Crippen LogP contribution in [0.3, 0.4) is 0 Å². The van der Waals surface area contributed by atoms with E-state index in [4.69, 9.17) is 5.11 Å². The molecule has 0 amide bonds. The molecule has 1 unspecified atom stereocenters. The van der Waals surface area contributed by atoms with Gasteiger partial charge >= 0.3 is 5.97 Å². The van der Waals surface area contributed by atoms with Gasteiger partial charge in [0.15, 0.2) is 0 Å². The zero-order valence-electron chi connectivity index (χ0n) is 9.10. The molecule has 84 valence electrons. The molecule has 2 nitrogen and oxygen atoms in total. The van der Waals surface area contributed by atoms with Crippen molar-refractivity contribution in [2.75, 3.05) is 6.16 Å². The van der Waals surface area contributed by atoms with Crippen molar-refractivity contribution in [3.05, 3.63) is 58.9 Å². The minimum atomic E-state index is -0.921. The predicted octanol–water partition coefficient (Wildman–Crippen LogP) is 2.87. The Kier molecular flexibility index (Phi) is 3.75. The lowest BCUT2D eigenvalue weighted by Gasteiger charge is -2.00. The highest BCUT2D eigenvalue weighted by Crippen LogP contribution is 2.20. The molecule has 2 rings (SSSR count). The van der Waals surface area contributed by atoms with Crippen LogP contribution >= 0.6 is 8.58 Å². The lowest BCUT2D eigenvalue weighted by Crippen LogP contribution is -1.95. The Morgan fingerprint density at radius 1 is 1.35 bits per heavy atom. The second-order valence-corrected chi connectivity index (χ2v) is 4.66. The zero-order valence-corrected chi connectivity index (χ0v) is 10.1. The van der Waals surface area contributed by atoms with Crippen LogP contribution in [0.2, 0.25) is 0 Å². The highest BCUT2D eigenvalue weighted by Gasteiger charge is 2.01. The van der Waals surface area contributed by atoms with E-state index < -0.39 is 5.97 Å². The molecule has 0 fully saturated rings. The van der Waals surface area contributed by atoms with Gasteiger partial charge in [0.25, 0.3) is 0 Å². The molecule has 1 aliphatic rings. The van der Waals surface area contributed by atoms with Gasteiger partial charge in [0.1, 0.15) is 0 Å². The van der Waals surface area contributed by atoms with Gasteiger partial charge in [0, 0.05) is 17.3 Å². The summed E-state index contributed by atoms with van der Waals surface area (Å²) in [4.78, 5) is 10.8. The SMILES string of the molecule is O=C(O)c1cccc(C#CC2=CC=CPC2)c1.